The Morgan fingerprint density at radius 2 is 1.88 bits per heavy atom. The van der Waals surface area contributed by atoms with Crippen LogP contribution in [0.25, 0.3) is 0 Å². The first-order valence-corrected chi connectivity index (χ1v) is 9.16. The minimum Gasteiger partial charge on any atom is -0.359 e. The van der Waals surface area contributed by atoms with Gasteiger partial charge in [-0.25, -0.2) is 0 Å². The van der Waals surface area contributed by atoms with E-state index in [1.165, 1.54) is 0 Å². The van der Waals surface area contributed by atoms with Crippen LogP contribution in [-0.2, 0) is 9.59 Å². The fraction of sp³-hybridized carbons (Fsp3) is 0.722. The van der Waals surface area contributed by atoms with Gasteiger partial charge in [0.15, 0.2) is 5.76 Å². The Balaban J connectivity index is 1.44. The third-order valence-corrected chi connectivity index (χ3v) is 5.52. The van der Waals surface area contributed by atoms with Crippen LogP contribution in [0.2, 0.25) is 0 Å². The zero-order valence-electron chi connectivity index (χ0n) is 14.2. The van der Waals surface area contributed by atoms with Gasteiger partial charge in [-0.2, -0.15) is 0 Å². The maximum absolute atomic E-state index is 13.1. The molecule has 6 heteroatoms. The lowest BCUT2D eigenvalue weighted by atomic mass is 9.95. The molecule has 1 saturated carbocycles. The van der Waals surface area contributed by atoms with E-state index < -0.39 is 0 Å². The maximum Gasteiger partial charge on any atom is 0.228 e. The topological polar surface area (TPSA) is 66.7 Å². The lowest BCUT2D eigenvalue weighted by molar-refractivity contribution is -0.142. The number of aryl methyl sites for hydroxylation is 1. The first kappa shape index (κ1) is 15.7. The molecule has 2 unspecified atom stereocenters. The molecule has 1 aromatic rings. The van der Waals surface area contributed by atoms with Gasteiger partial charge in [0.1, 0.15) is 0 Å². The highest BCUT2D eigenvalue weighted by Gasteiger charge is 2.40. The number of amides is 2. The Bertz CT molecular complexity index is 637. The van der Waals surface area contributed by atoms with Gasteiger partial charge in [-0.3, -0.25) is 9.59 Å². The fourth-order valence-corrected chi connectivity index (χ4v) is 4.07. The molecule has 0 radical (unpaired) electrons. The lowest BCUT2D eigenvalue weighted by Gasteiger charge is -2.35. The molecule has 3 fully saturated rings. The highest BCUT2D eigenvalue weighted by Crippen LogP contribution is 2.36. The third-order valence-electron chi connectivity index (χ3n) is 5.52. The Labute approximate surface area is 142 Å². The van der Waals surface area contributed by atoms with Gasteiger partial charge in [-0.15, -0.1) is 0 Å². The van der Waals surface area contributed by atoms with E-state index in [0.29, 0.717) is 6.54 Å². The van der Waals surface area contributed by atoms with Gasteiger partial charge in [0.2, 0.25) is 11.8 Å². The van der Waals surface area contributed by atoms with Crippen LogP contribution in [0, 0.1) is 18.8 Å². The monoisotopic (exact) mass is 331 g/mol. The van der Waals surface area contributed by atoms with Crippen LogP contribution < -0.4 is 0 Å². The largest absolute Gasteiger partial charge is 0.359 e. The van der Waals surface area contributed by atoms with E-state index in [9.17, 15) is 9.59 Å². The Kier molecular flexibility index (Phi) is 4.06. The number of likely N-dealkylation sites (tertiary alicyclic amines) is 2. The predicted octanol–water partition coefficient (Wildman–Crippen LogP) is 2.30. The van der Waals surface area contributed by atoms with Gasteiger partial charge in [0, 0.05) is 31.6 Å². The molecule has 4 rings (SSSR count). The van der Waals surface area contributed by atoms with E-state index in [0.717, 1.165) is 63.1 Å². The summed E-state index contributed by atoms with van der Waals surface area (Å²) in [6.45, 7) is 4.07. The molecule has 6 nitrogen and oxygen atoms in total. The van der Waals surface area contributed by atoms with E-state index >= 15 is 0 Å². The number of hydrogen-bond acceptors (Lipinski definition) is 4. The molecule has 2 saturated heterocycles. The normalized spacial score (nSPS) is 27.5. The average molecular weight is 331 g/mol. The standard InChI is InChI=1S/C18H25N3O3/c1-12-10-16(24-19-12)15-5-3-9-21(15)18(23)14-4-2-8-20(11-14)17(22)13-6-7-13/h10,13-15H,2-9,11H2,1H3. The van der Waals surface area contributed by atoms with Crippen molar-refractivity contribution in [1.29, 1.82) is 0 Å². The summed E-state index contributed by atoms with van der Waals surface area (Å²) < 4.78 is 5.41. The van der Waals surface area contributed by atoms with Crippen LogP contribution in [0.5, 0.6) is 0 Å². The van der Waals surface area contributed by atoms with E-state index in [1.54, 1.807) is 0 Å². The maximum atomic E-state index is 13.1. The summed E-state index contributed by atoms with van der Waals surface area (Å²) in [5.74, 6) is 1.40. The van der Waals surface area contributed by atoms with Crippen molar-refractivity contribution >= 4 is 11.8 Å². The van der Waals surface area contributed by atoms with Crippen molar-refractivity contribution in [2.45, 2.75) is 51.5 Å². The van der Waals surface area contributed by atoms with Gasteiger partial charge >= 0.3 is 0 Å². The second-order valence-corrected chi connectivity index (χ2v) is 7.46. The number of aromatic nitrogens is 1. The van der Waals surface area contributed by atoms with Crippen LogP contribution in [0.3, 0.4) is 0 Å². The summed E-state index contributed by atoms with van der Waals surface area (Å²) in [6, 6.07) is 1.94. The van der Waals surface area contributed by atoms with Gasteiger partial charge < -0.3 is 14.3 Å². The van der Waals surface area contributed by atoms with Crippen molar-refractivity contribution in [2.75, 3.05) is 19.6 Å². The van der Waals surface area contributed by atoms with E-state index in [1.807, 2.05) is 22.8 Å². The summed E-state index contributed by atoms with van der Waals surface area (Å²) in [5.41, 5.74) is 0.850. The molecule has 0 aromatic carbocycles. The van der Waals surface area contributed by atoms with Crippen LogP contribution in [0.15, 0.2) is 10.6 Å². The van der Waals surface area contributed by atoms with Crippen molar-refractivity contribution in [3.8, 4) is 0 Å². The second kappa shape index (κ2) is 6.22. The van der Waals surface area contributed by atoms with E-state index in [2.05, 4.69) is 5.16 Å². The summed E-state index contributed by atoms with van der Waals surface area (Å²) in [7, 11) is 0. The first-order valence-electron chi connectivity index (χ1n) is 9.16. The molecule has 24 heavy (non-hydrogen) atoms. The van der Waals surface area contributed by atoms with Crippen molar-refractivity contribution in [3.63, 3.8) is 0 Å². The predicted molar refractivity (Wildman–Crippen MR) is 87.0 cm³/mol. The Morgan fingerprint density at radius 1 is 1.08 bits per heavy atom. The zero-order chi connectivity index (χ0) is 16.7. The van der Waals surface area contributed by atoms with E-state index in [-0.39, 0.29) is 29.7 Å². The number of carbonyl (C=O) groups is 2. The summed E-state index contributed by atoms with van der Waals surface area (Å²) in [6.07, 6.45) is 5.77. The molecule has 2 aliphatic heterocycles. The molecule has 1 aliphatic carbocycles. The molecule has 0 bridgehead atoms. The smallest absolute Gasteiger partial charge is 0.228 e. The van der Waals surface area contributed by atoms with Gasteiger partial charge in [0.25, 0.3) is 0 Å². The molecule has 3 heterocycles. The van der Waals surface area contributed by atoms with Crippen molar-refractivity contribution < 1.29 is 14.1 Å². The number of rotatable bonds is 3. The van der Waals surface area contributed by atoms with Gasteiger partial charge in [-0.1, -0.05) is 5.16 Å². The number of nitrogens with zero attached hydrogens (tertiary/aromatic N) is 3. The highest BCUT2D eigenvalue weighted by molar-refractivity contribution is 5.84. The third kappa shape index (κ3) is 2.94. The molecule has 2 atom stereocenters. The van der Waals surface area contributed by atoms with Gasteiger partial charge in [-0.05, 0) is 45.4 Å². The Hall–Kier alpha value is -1.85. The fourth-order valence-electron chi connectivity index (χ4n) is 4.07. The highest BCUT2D eigenvalue weighted by atomic mass is 16.5. The minimum atomic E-state index is -0.0638. The summed E-state index contributed by atoms with van der Waals surface area (Å²) in [5, 5.41) is 3.96. The molecular weight excluding hydrogens is 306 g/mol. The quantitative estimate of drug-likeness (QED) is 0.852. The van der Waals surface area contributed by atoms with Crippen molar-refractivity contribution in [2.24, 2.45) is 11.8 Å². The lowest BCUT2D eigenvalue weighted by Crippen LogP contribution is -2.47. The number of piperidine rings is 1. The van der Waals surface area contributed by atoms with Crippen LogP contribution in [0.1, 0.15) is 56.0 Å². The SMILES string of the molecule is Cc1cc(C2CCCN2C(=O)C2CCCN(C(=O)C3CC3)C2)on1. The minimum absolute atomic E-state index is 0.00760. The molecule has 2 amide bonds. The van der Waals surface area contributed by atoms with Crippen LogP contribution in [0.4, 0.5) is 0 Å². The van der Waals surface area contributed by atoms with Gasteiger partial charge in [0.05, 0.1) is 17.7 Å². The molecule has 3 aliphatic rings. The summed E-state index contributed by atoms with van der Waals surface area (Å²) in [4.78, 5) is 29.3. The van der Waals surface area contributed by atoms with Crippen molar-refractivity contribution in [1.82, 2.24) is 15.0 Å². The molecule has 1 aromatic heterocycles. The van der Waals surface area contributed by atoms with Crippen molar-refractivity contribution in [3.05, 3.63) is 17.5 Å². The average Bonchev–Trinajstić information content (AvgIpc) is 3.18. The van der Waals surface area contributed by atoms with E-state index in [4.69, 9.17) is 4.52 Å². The second-order valence-electron chi connectivity index (χ2n) is 7.46. The molecule has 0 N–H and O–H groups in total. The molecule has 130 valence electrons. The zero-order valence-corrected chi connectivity index (χ0v) is 14.2. The number of carbonyl (C=O) groups excluding carboxylic acids is 2. The molecular formula is C18H25N3O3. The van der Waals surface area contributed by atoms with Crippen LogP contribution in [-0.4, -0.2) is 46.4 Å². The van der Waals surface area contributed by atoms with Crippen LogP contribution >= 0.6 is 0 Å². The number of hydrogen-bond donors (Lipinski definition) is 0. The first-order chi connectivity index (χ1) is 11.6. The summed E-state index contributed by atoms with van der Waals surface area (Å²) >= 11 is 0. The Morgan fingerprint density at radius 3 is 2.58 bits per heavy atom. The molecule has 0 spiro atoms.